The zero-order chi connectivity index (χ0) is 16.8. The Morgan fingerprint density at radius 3 is 2.92 bits per heavy atom. The number of aryl methyl sites for hydroxylation is 3. The molecule has 6 nitrogen and oxygen atoms in total. The summed E-state index contributed by atoms with van der Waals surface area (Å²) >= 11 is 0. The Morgan fingerprint density at radius 1 is 1.12 bits per heavy atom. The van der Waals surface area contributed by atoms with E-state index in [1.165, 1.54) is 36.1 Å². The van der Waals surface area contributed by atoms with Crippen molar-refractivity contribution in [1.82, 2.24) is 20.3 Å². The predicted molar refractivity (Wildman–Crippen MR) is 94.7 cm³/mol. The first kappa shape index (κ1) is 15.3. The molecule has 3 aliphatic rings. The SMILES string of the molecule is CN(Cc1noc2c1CCC2)C1CN(c2cc3c(nn2)CCCC3)C1. The Kier molecular flexibility index (Phi) is 3.73. The van der Waals surface area contributed by atoms with Gasteiger partial charge in [0.1, 0.15) is 11.5 Å². The van der Waals surface area contributed by atoms with Crippen LogP contribution in [0.25, 0.3) is 0 Å². The van der Waals surface area contributed by atoms with E-state index in [1.807, 2.05) is 0 Å². The Balaban J connectivity index is 1.21. The highest BCUT2D eigenvalue weighted by atomic mass is 16.5. The Bertz CT molecular complexity index is 780. The molecule has 0 atom stereocenters. The summed E-state index contributed by atoms with van der Waals surface area (Å²) in [4.78, 5) is 4.75. The number of hydrogen-bond donors (Lipinski definition) is 0. The third-order valence-electron chi connectivity index (χ3n) is 6.05. The van der Waals surface area contributed by atoms with Crippen LogP contribution in [0.2, 0.25) is 0 Å². The van der Waals surface area contributed by atoms with Crippen molar-refractivity contribution < 1.29 is 4.52 Å². The largest absolute Gasteiger partial charge is 0.361 e. The van der Waals surface area contributed by atoms with E-state index >= 15 is 0 Å². The standard InChI is InChI=1S/C19H25N5O/c1-23(12-17-15-6-4-8-18(15)25-22-17)14-10-24(11-14)19-9-13-5-2-3-7-16(13)20-21-19/h9,14H,2-8,10-12H2,1H3. The van der Waals surface area contributed by atoms with Crippen LogP contribution in [0.1, 0.15) is 47.5 Å². The van der Waals surface area contributed by atoms with Gasteiger partial charge in [-0.3, -0.25) is 4.90 Å². The molecule has 0 amide bonds. The third kappa shape index (κ3) is 2.72. The molecule has 3 heterocycles. The van der Waals surface area contributed by atoms with E-state index in [4.69, 9.17) is 4.52 Å². The maximum Gasteiger partial charge on any atom is 0.151 e. The Hall–Kier alpha value is -1.95. The fourth-order valence-corrected chi connectivity index (χ4v) is 4.33. The van der Waals surface area contributed by atoms with Crippen molar-refractivity contribution in [2.24, 2.45) is 0 Å². The summed E-state index contributed by atoms with van der Waals surface area (Å²) in [6.07, 6.45) is 8.18. The first-order chi connectivity index (χ1) is 12.3. The van der Waals surface area contributed by atoms with Gasteiger partial charge in [0, 0.05) is 37.7 Å². The molecule has 0 radical (unpaired) electrons. The van der Waals surface area contributed by atoms with E-state index in [0.717, 1.165) is 62.6 Å². The van der Waals surface area contributed by atoms with Crippen LogP contribution >= 0.6 is 0 Å². The van der Waals surface area contributed by atoms with Crippen LogP contribution in [0.15, 0.2) is 10.6 Å². The molecule has 2 aliphatic carbocycles. The second kappa shape index (κ2) is 6.09. The minimum Gasteiger partial charge on any atom is -0.361 e. The van der Waals surface area contributed by atoms with E-state index in [2.05, 4.69) is 38.3 Å². The minimum atomic E-state index is 0.548. The number of hydrogen-bond acceptors (Lipinski definition) is 6. The highest BCUT2D eigenvalue weighted by Crippen LogP contribution is 2.28. The van der Waals surface area contributed by atoms with Crippen molar-refractivity contribution >= 4 is 5.82 Å². The molecule has 0 saturated carbocycles. The lowest BCUT2D eigenvalue weighted by Crippen LogP contribution is -2.58. The minimum absolute atomic E-state index is 0.548. The summed E-state index contributed by atoms with van der Waals surface area (Å²) in [5, 5.41) is 13.2. The maximum absolute atomic E-state index is 5.48. The van der Waals surface area contributed by atoms with Crippen molar-refractivity contribution in [2.45, 2.75) is 57.5 Å². The summed E-state index contributed by atoms with van der Waals surface area (Å²) in [6.45, 7) is 2.92. The van der Waals surface area contributed by atoms with Crippen molar-refractivity contribution in [3.63, 3.8) is 0 Å². The Labute approximate surface area is 148 Å². The van der Waals surface area contributed by atoms with E-state index in [-0.39, 0.29) is 0 Å². The molecule has 1 aliphatic heterocycles. The summed E-state index contributed by atoms with van der Waals surface area (Å²) in [7, 11) is 2.19. The lowest BCUT2D eigenvalue weighted by molar-refractivity contribution is 0.191. The van der Waals surface area contributed by atoms with E-state index in [1.54, 1.807) is 0 Å². The predicted octanol–water partition coefficient (Wildman–Crippen LogP) is 2.15. The van der Waals surface area contributed by atoms with Crippen LogP contribution in [0.5, 0.6) is 0 Å². The van der Waals surface area contributed by atoms with Gasteiger partial charge in [0.25, 0.3) is 0 Å². The molecule has 0 spiro atoms. The lowest BCUT2D eigenvalue weighted by Gasteiger charge is -2.44. The van der Waals surface area contributed by atoms with Gasteiger partial charge in [-0.05, 0) is 57.2 Å². The van der Waals surface area contributed by atoms with Crippen LogP contribution in [0.4, 0.5) is 5.82 Å². The normalized spacial score (nSPS) is 19.8. The maximum atomic E-state index is 5.48. The molecule has 132 valence electrons. The van der Waals surface area contributed by atoms with Crippen molar-refractivity contribution in [2.75, 3.05) is 25.0 Å². The van der Waals surface area contributed by atoms with Gasteiger partial charge in [-0.15, -0.1) is 5.10 Å². The average Bonchev–Trinajstić information content (AvgIpc) is 3.18. The number of likely N-dealkylation sites (N-methyl/N-ethyl adjacent to an activating group) is 1. The monoisotopic (exact) mass is 339 g/mol. The van der Waals surface area contributed by atoms with Crippen LogP contribution < -0.4 is 4.90 Å². The zero-order valence-electron chi connectivity index (χ0n) is 14.9. The Morgan fingerprint density at radius 2 is 2.00 bits per heavy atom. The molecular weight excluding hydrogens is 314 g/mol. The van der Waals surface area contributed by atoms with Crippen LogP contribution in [0, 0.1) is 0 Å². The summed E-state index contributed by atoms with van der Waals surface area (Å²) < 4.78 is 5.48. The van der Waals surface area contributed by atoms with Crippen LogP contribution in [-0.4, -0.2) is 46.4 Å². The molecule has 0 N–H and O–H groups in total. The van der Waals surface area contributed by atoms with Gasteiger partial charge in [0.15, 0.2) is 5.82 Å². The molecule has 0 aromatic carbocycles. The topological polar surface area (TPSA) is 58.3 Å². The highest BCUT2D eigenvalue weighted by Gasteiger charge is 2.33. The first-order valence-electron chi connectivity index (χ1n) is 9.55. The van der Waals surface area contributed by atoms with Gasteiger partial charge < -0.3 is 9.42 Å². The van der Waals surface area contributed by atoms with Crippen molar-refractivity contribution in [3.05, 3.63) is 34.3 Å². The molecule has 25 heavy (non-hydrogen) atoms. The number of aromatic nitrogens is 3. The second-order valence-corrected chi connectivity index (χ2v) is 7.74. The van der Waals surface area contributed by atoms with Gasteiger partial charge in [-0.1, -0.05) is 5.16 Å². The molecule has 6 heteroatoms. The first-order valence-corrected chi connectivity index (χ1v) is 9.55. The second-order valence-electron chi connectivity index (χ2n) is 7.74. The molecule has 0 bridgehead atoms. The lowest BCUT2D eigenvalue weighted by atomic mass is 9.96. The number of rotatable bonds is 4. The fourth-order valence-electron chi connectivity index (χ4n) is 4.33. The number of fused-ring (bicyclic) bond motifs is 2. The third-order valence-corrected chi connectivity index (χ3v) is 6.05. The van der Waals surface area contributed by atoms with Gasteiger partial charge in [0.2, 0.25) is 0 Å². The molecule has 1 fully saturated rings. The van der Waals surface area contributed by atoms with E-state index in [0.29, 0.717) is 6.04 Å². The number of anilines is 1. The molecule has 2 aromatic rings. The van der Waals surface area contributed by atoms with Gasteiger partial charge in [-0.25, -0.2) is 0 Å². The summed E-state index contributed by atoms with van der Waals surface area (Å²) in [5.41, 5.74) is 5.13. The molecular formula is C19H25N5O. The van der Waals surface area contributed by atoms with Crippen molar-refractivity contribution in [3.8, 4) is 0 Å². The quantitative estimate of drug-likeness (QED) is 0.851. The molecule has 5 rings (SSSR count). The summed E-state index contributed by atoms with van der Waals surface area (Å²) in [6, 6.07) is 2.81. The van der Waals surface area contributed by atoms with Gasteiger partial charge in [0.05, 0.1) is 5.69 Å². The number of nitrogens with zero attached hydrogens (tertiary/aromatic N) is 5. The zero-order valence-corrected chi connectivity index (χ0v) is 14.9. The smallest absolute Gasteiger partial charge is 0.151 e. The van der Waals surface area contributed by atoms with E-state index in [9.17, 15) is 0 Å². The van der Waals surface area contributed by atoms with Crippen LogP contribution in [-0.2, 0) is 32.2 Å². The average molecular weight is 339 g/mol. The molecule has 1 saturated heterocycles. The highest BCUT2D eigenvalue weighted by molar-refractivity contribution is 5.45. The fraction of sp³-hybridized carbons (Fsp3) is 0.632. The molecule has 0 unspecified atom stereocenters. The van der Waals surface area contributed by atoms with E-state index < -0.39 is 0 Å². The van der Waals surface area contributed by atoms with Gasteiger partial charge >= 0.3 is 0 Å². The van der Waals surface area contributed by atoms with Gasteiger partial charge in [-0.2, -0.15) is 5.10 Å². The summed E-state index contributed by atoms with van der Waals surface area (Å²) in [5.74, 6) is 2.16. The van der Waals surface area contributed by atoms with Crippen molar-refractivity contribution in [1.29, 1.82) is 0 Å². The van der Waals surface area contributed by atoms with Crippen LogP contribution in [0.3, 0.4) is 0 Å². The molecule has 2 aromatic heterocycles.